The second-order valence-electron chi connectivity index (χ2n) is 8.56. The SMILES string of the molecule is CCOc1ccccc1-c1ccc(-c2nc3cnccc3c(N[C@H](CC)C(=O)N(C)C)c2C#N)cc1. The number of aromatic nitrogens is 2. The highest BCUT2D eigenvalue weighted by molar-refractivity contribution is 5.99. The van der Waals surface area contributed by atoms with Crippen LogP contribution in [0.1, 0.15) is 25.8 Å². The highest BCUT2D eigenvalue weighted by Gasteiger charge is 2.23. The van der Waals surface area contributed by atoms with Crippen molar-refractivity contribution in [1.29, 1.82) is 5.26 Å². The van der Waals surface area contributed by atoms with Crippen LogP contribution >= 0.6 is 0 Å². The maximum Gasteiger partial charge on any atom is 0.244 e. The Morgan fingerprint density at radius 2 is 1.81 bits per heavy atom. The molecular weight excluding hydrogens is 450 g/mol. The first-order valence-corrected chi connectivity index (χ1v) is 12.0. The van der Waals surface area contributed by atoms with E-state index in [-0.39, 0.29) is 5.91 Å². The van der Waals surface area contributed by atoms with Gasteiger partial charge in [-0.15, -0.1) is 0 Å². The normalized spacial score (nSPS) is 11.5. The quantitative estimate of drug-likeness (QED) is 0.358. The van der Waals surface area contributed by atoms with Crippen LogP contribution < -0.4 is 10.1 Å². The fourth-order valence-electron chi connectivity index (χ4n) is 4.20. The topological polar surface area (TPSA) is 91.1 Å². The number of para-hydroxylation sites is 1. The van der Waals surface area contributed by atoms with E-state index in [1.54, 1.807) is 31.4 Å². The summed E-state index contributed by atoms with van der Waals surface area (Å²) in [5, 5.41) is 14.3. The lowest BCUT2D eigenvalue weighted by Gasteiger charge is -2.23. The van der Waals surface area contributed by atoms with Gasteiger partial charge in [0.05, 0.1) is 29.7 Å². The number of amides is 1. The Bertz CT molecular complexity index is 1420. The van der Waals surface area contributed by atoms with Gasteiger partial charge in [-0.3, -0.25) is 9.78 Å². The molecule has 7 heteroatoms. The minimum absolute atomic E-state index is 0.0562. The third-order valence-corrected chi connectivity index (χ3v) is 6.02. The van der Waals surface area contributed by atoms with Crippen LogP contribution in [0.25, 0.3) is 33.3 Å². The van der Waals surface area contributed by atoms with Crippen LogP contribution in [0.15, 0.2) is 67.0 Å². The zero-order valence-corrected chi connectivity index (χ0v) is 20.9. The molecule has 0 fully saturated rings. The van der Waals surface area contributed by atoms with Crippen molar-refractivity contribution in [3.05, 3.63) is 72.6 Å². The van der Waals surface area contributed by atoms with E-state index in [2.05, 4.69) is 16.4 Å². The van der Waals surface area contributed by atoms with Crippen LogP contribution in [0.2, 0.25) is 0 Å². The van der Waals surface area contributed by atoms with Crippen LogP contribution in [0.4, 0.5) is 5.69 Å². The number of rotatable bonds is 8. The number of carbonyl (C=O) groups excluding carboxylic acids is 1. The average molecular weight is 480 g/mol. The molecule has 36 heavy (non-hydrogen) atoms. The molecule has 182 valence electrons. The number of benzene rings is 2. The third kappa shape index (κ3) is 4.84. The van der Waals surface area contributed by atoms with E-state index in [0.29, 0.717) is 35.5 Å². The number of ether oxygens (including phenoxy) is 1. The van der Waals surface area contributed by atoms with Gasteiger partial charge in [-0.1, -0.05) is 49.4 Å². The summed E-state index contributed by atoms with van der Waals surface area (Å²) in [6, 6.07) is 19.5. The lowest BCUT2D eigenvalue weighted by molar-refractivity contribution is -0.129. The smallest absolute Gasteiger partial charge is 0.244 e. The molecule has 0 spiro atoms. The minimum Gasteiger partial charge on any atom is -0.493 e. The Hall–Kier alpha value is -4.44. The number of pyridine rings is 2. The molecule has 0 saturated carbocycles. The van der Waals surface area contributed by atoms with E-state index in [9.17, 15) is 10.1 Å². The number of fused-ring (bicyclic) bond motifs is 1. The first-order valence-electron chi connectivity index (χ1n) is 12.0. The zero-order chi connectivity index (χ0) is 25.7. The van der Waals surface area contributed by atoms with Crippen LogP contribution in [0.3, 0.4) is 0 Å². The Balaban J connectivity index is 1.83. The Morgan fingerprint density at radius 1 is 1.08 bits per heavy atom. The first kappa shape index (κ1) is 24.7. The summed E-state index contributed by atoms with van der Waals surface area (Å²) in [6.45, 7) is 4.49. The molecule has 0 aliphatic rings. The number of carbonyl (C=O) groups is 1. The van der Waals surface area contributed by atoms with Gasteiger partial charge >= 0.3 is 0 Å². The van der Waals surface area contributed by atoms with Gasteiger partial charge in [0, 0.05) is 36.8 Å². The fraction of sp³-hybridized carbons (Fsp3) is 0.241. The van der Waals surface area contributed by atoms with Crippen LogP contribution in [-0.4, -0.2) is 47.5 Å². The van der Waals surface area contributed by atoms with Gasteiger partial charge in [0.15, 0.2) is 0 Å². The van der Waals surface area contributed by atoms with Gasteiger partial charge in [0.1, 0.15) is 23.4 Å². The summed E-state index contributed by atoms with van der Waals surface area (Å²) >= 11 is 0. The average Bonchev–Trinajstić information content (AvgIpc) is 2.91. The maximum atomic E-state index is 12.8. The number of hydrogen-bond donors (Lipinski definition) is 1. The fourth-order valence-corrected chi connectivity index (χ4v) is 4.20. The third-order valence-electron chi connectivity index (χ3n) is 6.02. The second-order valence-corrected chi connectivity index (χ2v) is 8.56. The molecule has 2 aromatic heterocycles. The Kier molecular flexibility index (Phi) is 7.45. The van der Waals surface area contributed by atoms with Gasteiger partial charge in [-0.25, -0.2) is 4.98 Å². The maximum absolute atomic E-state index is 12.8. The number of likely N-dealkylation sites (N-methyl/N-ethyl adjacent to an activating group) is 1. The molecule has 4 aromatic rings. The monoisotopic (exact) mass is 479 g/mol. The van der Waals surface area contributed by atoms with E-state index in [1.165, 1.54) is 0 Å². The van der Waals surface area contributed by atoms with E-state index in [4.69, 9.17) is 9.72 Å². The predicted octanol–water partition coefficient (Wildman–Crippen LogP) is 5.51. The van der Waals surface area contributed by atoms with E-state index in [1.807, 2.05) is 68.4 Å². The minimum atomic E-state index is -0.476. The molecule has 0 bridgehead atoms. The zero-order valence-electron chi connectivity index (χ0n) is 20.9. The summed E-state index contributed by atoms with van der Waals surface area (Å²) in [4.78, 5) is 23.3. The van der Waals surface area contributed by atoms with Gasteiger partial charge in [0.2, 0.25) is 5.91 Å². The molecule has 0 radical (unpaired) electrons. The molecule has 1 amide bonds. The van der Waals surface area contributed by atoms with Crippen molar-refractivity contribution in [3.8, 4) is 34.2 Å². The lowest BCUT2D eigenvalue weighted by atomic mass is 9.98. The Labute approximate surface area is 211 Å². The summed E-state index contributed by atoms with van der Waals surface area (Å²) in [7, 11) is 3.45. The van der Waals surface area contributed by atoms with E-state index in [0.717, 1.165) is 27.8 Å². The predicted molar refractivity (Wildman–Crippen MR) is 143 cm³/mol. The molecule has 0 saturated heterocycles. The van der Waals surface area contributed by atoms with Crippen molar-refractivity contribution in [2.45, 2.75) is 26.3 Å². The molecule has 2 aromatic carbocycles. The van der Waals surface area contributed by atoms with E-state index >= 15 is 0 Å². The van der Waals surface area contributed by atoms with Crippen molar-refractivity contribution in [2.75, 3.05) is 26.0 Å². The standard InChI is InChI=1S/C29H29N5O2/c1-5-24(29(35)34(3)4)32-28-22-15-16-31-18-25(22)33-27(23(28)17-30)20-13-11-19(12-14-20)21-9-7-8-10-26(21)36-6-2/h7-16,18,24H,5-6H2,1-4H3,(H,32,33)/t24-/m1/s1. The number of nitriles is 1. The van der Waals surface area contributed by atoms with Crippen molar-refractivity contribution >= 4 is 22.5 Å². The van der Waals surface area contributed by atoms with Gasteiger partial charge in [-0.05, 0) is 31.0 Å². The van der Waals surface area contributed by atoms with Crippen molar-refractivity contribution in [1.82, 2.24) is 14.9 Å². The summed E-state index contributed by atoms with van der Waals surface area (Å²) in [5.74, 6) is 0.766. The molecule has 1 atom stereocenters. The number of nitrogens with one attached hydrogen (secondary N) is 1. The van der Waals surface area contributed by atoms with Crippen LogP contribution in [0, 0.1) is 11.3 Å². The number of hydrogen-bond acceptors (Lipinski definition) is 6. The number of anilines is 1. The van der Waals surface area contributed by atoms with Crippen LogP contribution in [0.5, 0.6) is 5.75 Å². The van der Waals surface area contributed by atoms with E-state index < -0.39 is 6.04 Å². The molecule has 0 aliphatic carbocycles. The van der Waals surface area contributed by atoms with Gasteiger partial charge < -0.3 is 15.0 Å². The second kappa shape index (κ2) is 10.9. The highest BCUT2D eigenvalue weighted by Crippen LogP contribution is 2.36. The molecule has 0 unspecified atom stereocenters. The van der Waals surface area contributed by atoms with Crippen molar-refractivity contribution in [3.63, 3.8) is 0 Å². The highest BCUT2D eigenvalue weighted by atomic mass is 16.5. The molecule has 0 aliphatic heterocycles. The summed E-state index contributed by atoms with van der Waals surface area (Å²) in [5.41, 5.74) is 4.96. The lowest BCUT2D eigenvalue weighted by Crippen LogP contribution is -2.38. The molecule has 4 rings (SSSR count). The summed E-state index contributed by atoms with van der Waals surface area (Å²) < 4.78 is 5.79. The molecular formula is C29H29N5O2. The molecule has 2 heterocycles. The molecule has 7 nitrogen and oxygen atoms in total. The van der Waals surface area contributed by atoms with Gasteiger partial charge in [-0.2, -0.15) is 5.26 Å². The Morgan fingerprint density at radius 3 is 2.47 bits per heavy atom. The number of nitrogens with zero attached hydrogens (tertiary/aromatic N) is 4. The van der Waals surface area contributed by atoms with Crippen LogP contribution in [-0.2, 0) is 4.79 Å². The molecule has 1 N–H and O–H groups in total. The first-order chi connectivity index (χ1) is 17.5. The van der Waals surface area contributed by atoms with Crippen molar-refractivity contribution < 1.29 is 9.53 Å². The van der Waals surface area contributed by atoms with Gasteiger partial charge in [0.25, 0.3) is 0 Å². The largest absolute Gasteiger partial charge is 0.493 e. The summed E-state index contributed by atoms with van der Waals surface area (Å²) in [6.07, 6.45) is 3.90. The van der Waals surface area contributed by atoms with Crippen molar-refractivity contribution in [2.24, 2.45) is 0 Å².